The van der Waals surface area contributed by atoms with Crippen molar-refractivity contribution < 1.29 is 14.3 Å². The fourth-order valence-electron chi connectivity index (χ4n) is 5.69. The zero-order valence-electron chi connectivity index (χ0n) is 24.9. The molecule has 43 heavy (non-hydrogen) atoms. The molecule has 3 aromatic heterocycles. The number of fused-ring (bicyclic) bond motifs is 2. The van der Waals surface area contributed by atoms with Crippen LogP contribution in [0.15, 0.2) is 48.8 Å². The van der Waals surface area contributed by atoms with Gasteiger partial charge in [0.1, 0.15) is 5.52 Å². The van der Waals surface area contributed by atoms with Crippen molar-refractivity contribution in [2.24, 2.45) is 0 Å². The van der Waals surface area contributed by atoms with Crippen LogP contribution in [0.4, 0.5) is 5.82 Å². The third-order valence-electron chi connectivity index (χ3n) is 8.03. The number of ether oxygens (including phenoxy) is 1. The zero-order valence-corrected chi connectivity index (χ0v) is 24.9. The number of morpholine rings is 1. The van der Waals surface area contributed by atoms with Gasteiger partial charge in [-0.15, -0.1) is 5.10 Å². The van der Waals surface area contributed by atoms with Crippen LogP contribution >= 0.6 is 0 Å². The summed E-state index contributed by atoms with van der Waals surface area (Å²) in [6.45, 7) is 7.24. The van der Waals surface area contributed by atoms with Gasteiger partial charge in [0, 0.05) is 82.3 Å². The zero-order chi connectivity index (χ0) is 29.8. The van der Waals surface area contributed by atoms with Crippen LogP contribution < -0.4 is 4.90 Å². The molecule has 2 aliphatic heterocycles. The van der Waals surface area contributed by atoms with Gasteiger partial charge in [0.25, 0.3) is 0 Å². The van der Waals surface area contributed by atoms with Gasteiger partial charge in [-0.2, -0.15) is 5.10 Å². The molecule has 1 aromatic carbocycles. The van der Waals surface area contributed by atoms with Gasteiger partial charge in [-0.1, -0.05) is 18.2 Å². The average Bonchev–Trinajstić information content (AvgIpc) is 3.67. The normalized spacial score (nSPS) is 16.7. The van der Waals surface area contributed by atoms with Crippen molar-refractivity contribution in [3.05, 3.63) is 54.4 Å². The van der Waals surface area contributed by atoms with Gasteiger partial charge in [0.05, 0.1) is 24.9 Å². The molecule has 1 N–H and O–H groups in total. The number of hydrogen-bond acceptors (Lipinski definition) is 9. The molecule has 6 rings (SSSR count). The topological polar surface area (TPSA) is 115 Å². The van der Waals surface area contributed by atoms with Crippen LogP contribution in [0.2, 0.25) is 0 Å². The molecule has 0 spiro atoms. The van der Waals surface area contributed by atoms with E-state index >= 15 is 0 Å². The van der Waals surface area contributed by atoms with Gasteiger partial charge in [-0.25, -0.2) is 9.50 Å². The highest BCUT2D eigenvalue weighted by Gasteiger charge is 2.24. The van der Waals surface area contributed by atoms with Crippen LogP contribution in [-0.2, 0) is 20.9 Å². The number of likely N-dealkylation sites (N-methyl/N-ethyl adjacent to an activating group) is 1. The molecule has 0 bridgehead atoms. The summed E-state index contributed by atoms with van der Waals surface area (Å²) in [5.41, 5.74) is 4.00. The van der Waals surface area contributed by atoms with Crippen LogP contribution in [0.1, 0.15) is 18.4 Å². The Hall–Kier alpha value is -4.13. The fourth-order valence-corrected chi connectivity index (χ4v) is 5.69. The number of amides is 1. The molecule has 0 saturated carbocycles. The number of allylic oxidation sites excluding steroid dienone is 1. The second-order valence-corrected chi connectivity index (χ2v) is 11.5. The van der Waals surface area contributed by atoms with E-state index in [2.05, 4.69) is 32.3 Å². The summed E-state index contributed by atoms with van der Waals surface area (Å²) >= 11 is 0. The number of aromatic nitrogens is 5. The van der Waals surface area contributed by atoms with Crippen molar-refractivity contribution in [1.29, 1.82) is 0 Å². The number of aromatic amines is 1. The maximum Gasteiger partial charge on any atom is 0.223 e. The second-order valence-electron chi connectivity index (χ2n) is 11.5. The van der Waals surface area contributed by atoms with Crippen molar-refractivity contribution in [1.82, 2.24) is 39.5 Å². The molecule has 4 aromatic rings. The predicted molar refractivity (Wildman–Crippen MR) is 165 cm³/mol. The summed E-state index contributed by atoms with van der Waals surface area (Å²) in [4.78, 5) is 38.4. The quantitative estimate of drug-likeness (QED) is 0.280. The number of carbonyl (C=O) groups is 2. The van der Waals surface area contributed by atoms with E-state index in [1.54, 1.807) is 6.08 Å². The number of benzene rings is 1. The lowest BCUT2D eigenvalue weighted by molar-refractivity contribution is -0.134. The van der Waals surface area contributed by atoms with Gasteiger partial charge < -0.3 is 19.4 Å². The molecule has 12 heteroatoms. The van der Waals surface area contributed by atoms with E-state index in [-0.39, 0.29) is 24.5 Å². The number of piperazine rings is 1. The Balaban J connectivity index is 1.13. The molecule has 2 saturated heterocycles. The van der Waals surface area contributed by atoms with Crippen molar-refractivity contribution in [3.8, 4) is 11.4 Å². The lowest BCUT2D eigenvalue weighted by Crippen LogP contribution is -2.48. The lowest BCUT2D eigenvalue weighted by Gasteiger charge is -2.34. The molecule has 5 heterocycles. The number of hydrogen-bond donors (Lipinski definition) is 1. The van der Waals surface area contributed by atoms with Crippen LogP contribution in [0, 0.1) is 0 Å². The van der Waals surface area contributed by atoms with Crippen LogP contribution in [0.3, 0.4) is 0 Å². The third-order valence-corrected chi connectivity index (χ3v) is 8.03. The summed E-state index contributed by atoms with van der Waals surface area (Å²) in [5, 5.41) is 13.2. The highest BCUT2D eigenvalue weighted by atomic mass is 16.5. The van der Waals surface area contributed by atoms with Crippen molar-refractivity contribution >= 4 is 33.9 Å². The Labute approximate surface area is 250 Å². The molecule has 12 nitrogen and oxygen atoms in total. The first-order valence-electron chi connectivity index (χ1n) is 14.9. The number of rotatable bonds is 10. The lowest BCUT2D eigenvalue weighted by atomic mass is 10.1. The number of nitrogens with zero attached hydrogens (tertiary/aromatic N) is 8. The van der Waals surface area contributed by atoms with E-state index in [1.807, 2.05) is 58.9 Å². The van der Waals surface area contributed by atoms with Crippen molar-refractivity contribution in [2.45, 2.75) is 19.4 Å². The highest BCUT2D eigenvalue weighted by molar-refractivity contribution is 5.93. The monoisotopic (exact) mass is 585 g/mol. The van der Waals surface area contributed by atoms with E-state index in [1.165, 1.54) is 0 Å². The number of nitrogens with one attached hydrogen (secondary N) is 1. The first-order valence-corrected chi connectivity index (χ1v) is 14.9. The summed E-state index contributed by atoms with van der Waals surface area (Å²) in [5.74, 6) is 1.61. The Morgan fingerprint density at radius 2 is 1.88 bits per heavy atom. The molecule has 226 valence electrons. The molecule has 2 fully saturated rings. The number of H-pyrrole nitrogens is 1. The summed E-state index contributed by atoms with van der Waals surface area (Å²) in [6, 6.07) is 8.20. The average molecular weight is 586 g/mol. The summed E-state index contributed by atoms with van der Waals surface area (Å²) in [6.07, 6.45) is 7.85. The van der Waals surface area contributed by atoms with E-state index < -0.39 is 0 Å². The van der Waals surface area contributed by atoms with E-state index in [0.717, 1.165) is 66.1 Å². The standard InChI is InChI=1S/C31H39N9O3/c1-36(2)10-4-5-24(41)8-9-29(42)38-13-11-37(12-14-38)21-23-19-28-31(39-15-17-43-18-16-39)33-30(35-40(28)22-23)25-6-3-7-27-26(25)20-32-34-27/h3-7,19-20,22H,8-18,21H2,1-2H3,(H,32,34)/b5-4+. The van der Waals surface area contributed by atoms with Gasteiger partial charge in [0.2, 0.25) is 5.91 Å². The maximum absolute atomic E-state index is 12.8. The van der Waals surface area contributed by atoms with Gasteiger partial charge >= 0.3 is 0 Å². The smallest absolute Gasteiger partial charge is 0.223 e. The van der Waals surface area contributed by atoms with E-state index in [4.69, 9.17) is 14.8 Å². The molecule has 0 radical (unpaired) electrons. The minimum Gasteiger partial charge on any atom is -0.378 e. The predicted octanol–water partition coefficient (Wildman–Crippen LogP) is 2.22. The van der Waals surface area contributed by atoms with Gasteiger partial charge in [-0.05, 0) is 37.9 Å². The SMILES string of the molecule is CN(C)C/C=C/C(=O)CCC(=O)N1CCN(Cc2cc3c(N4CCOCC4)nc(-c4cccc5[nH]ncc45)nn3c2)CC1. The minimum atomic E-state index is -0.00114. The fraction of sp³-hybridized carbons (Fsp3) is 0.452. The first-order chi connectivity index (χ1) is 20.9. The maximum atomic E-state index is 12.8. The Morgan fingerprint density at radius 1 is 1.07 bits per heavy atom. The summed E-state index contributed by atoms with van der Waals surface area (Å²) in [7, 11) is 3.91. The Morgan fingerprint density at radius 3 is 2.67 bits per heavy atom. The Kier molecular flexibility index (Phi) is 8.77. The number of carbonyl (C=O) groups excluding carboxylic acids is 2. The van der Waals surface area contributed by atoms with Gasteiger partial charge in [-0.3, -0.25) is 19.6 Å². The summed E-state index contributed by atoms with van der Waals surface area (Å²) < 4.78 is 7.57. The van der Waals surface area contributed by atoms with E-state index in [9.17, 15) is 9.59 Å². The minimum absolute atomic E-state index is 0.00114. The van der Waals surface area contributed by atoms with Crippen LogP contribution in [0.25, 0.3) is 27.8 Å². The second kappa shape index (κ2) is 13.0. The molecule has 0 aliphatic carbocycles. The number of anilines is 1. The molecule has 0 unspecified atom stereocenters. The Bertz CT molecular complexity index is 1610. The third kappa shape index (κ3) is 6.76. The largest absolute Gasteiger partial charge is 0.378 e. The molecular weight excluding hydrogens is 546 g/mol. The van der Waals surface area contributed by atoms with E-state index in [0.29, 0.717) is 38.7 Å². The first kappa shape index (κ1) is 29.0. The molecule has 2 aliphatic rings. The molecular formula is C31H39N9O3. The molecule has 1 amide bonds. The highest BCUT2D eigenvalue weighted by Crippen LogP contribution is 2.29. The van der Waals surface area contributed by atoms with Crippen LogP contribution in [-0.4, -0.2) is 124 Å². The number of ketones is 1. The van der Waals surface area contributed by atoms with Crippen molar-refractivity contribution in [3.63, 3.8) is 0 Å². The van der Waals surface area contributed by atoms with Crippen LogP contribution in [0.5, 0.6) is 0 Å². The van der Waals surface area contributed by atoms with Gasteiger partial charge in [0.15, 0.2) is 17.4 Å². The van der Waals surface area contributed by atoms with Crippen molar-refractivity contribution in [2.75, 3.05) is 78.0 Å². The molecule has 0 atom stereocenters.